The van der Waals surface area contributed by atoms with E-state index >= 15 is 0 Å². The number of carbonyl (C=O) groups is 1. The van der Waals surface area contributed by atoms with Gasteiger partial charge in [0.25, 0.3) is 0 Å². The zero-order valence-corrected chi connectivity index (χ0v) is 19.2. The van der Waals surface area contributed by atoms with Crippen molar-refractivity contribution in [2.75, 3.05) is 39.6 Å². The minimum atomic E-state index is -3.33. The van der Waals surface area contributed by atoms with Crippen molar-refractivity contribution in [3.8, 4) is 5.75 Å². The summed E-state index contributed by atoms with van der Waals surface area (Å²) in [5.74, 6) is 0.702. The fourth-order valence-electron chi connectivity index (χ4n) is 5.67. The molecule has 0 unspecified atom stereocenters. The summed E-state index contributed by atoms with van der Waals surface area (Å²) in [6, 6.07) is 5.17. The molecule has 3 aliphatic rings. The van der Waals surface area contributed by atoms with Crippen molar-refractivity contribution in [2.24, 2.45) is 0 Å². The fraction of sp³-hybridized carbons (Fsp3) is 0.591. The summed E-state index contributed by atoms with van der Waals surface area (Å²) in [4.78, 5) is 18.4. The van der Waals surface area contributed by atoms with Crippen LogP contribution in [-0.4, -0.2) is 79.4 Å². The molecule has 1 atom stereocenters. The zero-order chi connectivity index (χ0) is 22.7. The molecule has 3 heterocycles. The van der Waals surface area contributed by atoms with Crippen LogP contribution in [0.15, 0.2) is 18.2 Å². The molecule has 5 rings (SSSR count). The molecule has 9 nitrogen and oxygen atoms in total. The highest BCUT2D eigenvalue weighted by atomic mass is 32.2. The lowest BCUT2D eigenvalue weighted by molar-refractivity contribution is 0.0503. The highest BCUT2D eigenvalue weighted by Gasteiger charge is 2.56. The van der Waals surface area contributed by atoms with Gasteiger partial charge in [-0.05, 0) is 30.5 Å². The first kappa shape index (κ1) is 21.5. The van der Waals surface area contributed by atoms with E-state index in [-0.39, 0.29) is 18.7 Å². The quantitative estimate of drug-likeness (QED) is 0.640. The second kappa shape index (κ2) is 7.64. The Bertz CT molecular complexity index is 1150. The number of hydrogen-bond donors (Lipinski definition) is 3. The summed E-state index contributed by atoms with van der Waals surface area (Å²) in [6.45, 7) is 0.752. The van der Waals surface area contributed by atoms with E-state index < -0.39 is 21.5 Å². The van der Waals surface area contributed by atoms with Crippen LogP contribution >= 0.6 is 0 Å². The number of nitrogens with one attached hydrogen (secondary N) is 2. The minimum Gasteiger partial charge on any atom is -0.497 e. The van der Waals surface area contributed by atoms with Crippen LogP contribution < -0.4 is 10.1 Å². The zero-order valence-electron chi connectivity index (χ0n) is 18.4. The van der Waals surface area contributed by atoms with Gasteiger partial charge in [-0.1, -0.05) is 12.8 Å². The Labute approximate surface area is 187 Å². The molecule has 2 aromatic rings. The summed E-state index contributed by atoms with van der Waals surface area (Å²) in [5.41, 5.74) is 2.10. The van der Waals surface area contributed by atoms with Gasteiger partial charge in [0.15, 0.2) is 0 Å². The van der Waals surface area contributed by atoms with Crippen molar-refractivity contribution in [1.82, 2.24) is 19.5 Å². The van der Waals surface area contributed by atoms with Crippen molar-refractivity contribution >= 4 is 27.0 Å². The number of urea groups is 1. The third-order valence-corrected chi connectivity index (χ3v) is 8.49. The lowest BCUT2D eigenvalue weighted by Gasteiger charge is -2.55. The van der Waals surface area contributed by atoms with Gasteiger partial charge in [0, 0.05) is 53.8 Å². The molecular weight excluding hydrogens is 432 g/mol. The van der Waals surface area contributed by atoms with Gasteiger partial charge in [0.05, 0.1) is 26.0 Å². The summed E-state index contributed by atoms with van der Waals surface area (Å²) in [6.07, 6.45) is 5.36. The molecule has 1 aromatic heterocycles. The van der Waals surface area contributed by atoms with Crippen molar-refractivity contribution in [2.45, 2.75) is 43.2 Å². The molecule has 2 aliphatic heterocycles. The van der Waals surface area contributed by atoms with Gasteiger partial charge < -0.3 is 25.0 Å². The second-order valence-corrected chi connectivity index (χ2v) is 11.4. The van der Waals surface area contributed by atoms with E-state index in [1.54, 1.807) is 12.0 Å². The predicted molar refractivity (Wildman–Crippen MR) is 120 cm³/mol. The smallest absolute Gasteiger partial charge is 0.318 e. The molecule has 174 valence electrons. The Morgan fingerprint density at radius 2 is 2.00 bits per heavy atom. The molecular formula is C22H30N4O5S. The SMILES string of the molecule is COc1ccc2c3c([nH]c2c1)[C@H](CO)N(C(=O)NC1CCCC1)CC31CN(S(C)(=O)=O)C1. The summed E-state index contributed by atoms with van der Waals surface area (Å²) < 4.78 is 31.2. The van der Waals surface area contributed by atoms with Crippen molar-refractivity contribution in [1.29, 1.82) is 0 Å². The number of aromatic nitrogens is 1. The highest BCUT2D eigenvalue weighted by Crippen LogP contribution is 2.49. The van der Waals surface area contributed by atoms with Gasteiger partial charge in [0.2, 0.25) is 10.0 Å². The molecule has 1 aromatic carbocycles. The number of rotatable bonds is 4. The molecule has 0 radical (unpaired) electrons. The topological polar surface area (TPSA) is 115 Å². The van der Waals surface area contributed by atoms with Gasteiger partial charge in [0.1, 0.15) is 5.75 Å². The van der Waals surface area contributed by atoms with Crippen LogP contribution in [0.3, 0.4) is 0 Å². The maximum atomic E-state index is 13.3. The number of ether oxygens (including phenoxy) is 1. The minimum absolute atomic E-state index is 0.153. The predicted octanol–water partition coefficient (Wildman–Crippen LogP) is 1.69. The molecule has 0 bridgehead atoms. The largest absolute Gasteiger partial charge is 0.497 e. The van der Waals surface area contributed by atoms with Crippen LogP contribution in [0, 0.1) is 0 Å². The molecule has 2 fully saturated rings. The summed E-state index contributed by atoms with van der Waals surface area (Å²) in [7, 11) is -1.73. The van der Waals surface area contributed by atoms with Gasteiger partial charge in [-0.2, -0.15) is 0 Å². The van der Waals surface area contributed by atoms with Crippen LogP contribution in [0.2, 0.25) is 0 Å². The Balaban J connectivity index is 1.58. The number of aliphatic hydroxyl groups is 1. The van der Waals surface area contributed by atoms with E-state index in [1.807, 2.05) is 18.2 Å². The van der Waals surface area contributed by atoms with Crippen LogP contribution in [0.5, 0.6) is 5.75 Å². The van der Waals surface area contributed by atoms with E-state index in [4.69, 9.17) is 4.74 Å². The third kappa shape index (κ3) is 3.36. The van der Waals surface area contributed by atoms with Crippen LogP contribution in [0.25, 0.3) is 10.9 Å². The first-order chi connectivity index (χ1) is 15.3. The van der Waals surface area contributed by atoms with Gasteiger partial charge in [-0.15, -0.1) is 0 Å². The number of amides is 2. The van der Waals surface area contributed by atoms with Crippen molar-refractivity contribution < 1.29 is 23.1 Å². The molecule has 1 saturated carbocycles. The number of methoxy groups -OCH3 is 1. The standard InChI is InChI=1S/C22H30N4O5S/c1-31-15-7-8-16-17(9-15)24-20-18(10-27)26(21(28)23-14-5-3-4-6-14)13-22(19(16)20)11-25(12-22)32(2,29)30/h7-9,14,18,24,27H,3-6,10-13H2,1-2H3,(H,23,28)/t18-/m0/s1. The number of aliphatic hydroxyl groups excluding tert-OH is 1. The Morgan fingerprint density at radius 1 is 1.28 bits per heavy atom. The first-order valence-corrected chi connectivity index (χ1v) is 12.9. The average molecular weight is 463 g/mol. The van der Waals surface area contributed by atoms with E-state index in [1.165, 1.54) is 10.6 Å². The molecule has 10 heteroatoms. The van der Waals surface area contributed by atoms with Gasteiger partial charge in [-0.3, -0.25) is 0 Å². The molecule has 1 saturated heterocycles. The van der Waals surface area contributed by atoms with Crippen LogP contribution in [0.1, 0.15) is 43.0 Å². The lowest BCUT2D eigenvalue weighted by atomic mass is 9.70. The number of fused-ring (bicyclic) bond motifs is 4. The Morgan fingerprint density at radius 3 is 2.62 bits per heavy atom. The Kier molecular flexibility index (Phi) is 5.14. The number of aromatic amines is 1. The number of carbonyl (C=O) groups excluding carboxylic acids is 1. The fourth-order valence-corrected chi connectivity index (χ4v) is 6.63. The van der Waals surface area contributed by atoms with E-state index in [9.17, 15) is 18.3 Å². The molecule has 2 amide bonds. The monoisotopic (exact) mass is 462 g/mol. The second-order valence-electron chi connectivity index (χ2n) is 9.39. The first-order valence-electron chi connectivity index (χ1n) is 11.1. The molecule has 1 aliphatic carbocycles. The maximum absolute atomic E-state index is 13.3. The number of H-pyrrole nitrogens is 1. The van der Waals surface area contributed by atoms with Gasteiger partial charge in [-0.25, -0.2) is 17.5 Å². The summed E-state index contributed by atoms with van der Waals surface area (Å²) >= 11 is 0. The normalized spacial score (nSPS) is 23.3. The Hall–Kier alpha value is -2.30. The number of benzene rings is 1. The van der Waals surface area contributed by atoms with Crippen molar-refractivity contribution in [3.63, 3.8) is 0 Å². The number of hydrogen-bond acceptors (Lipinski definition) is 5. The molecule has 3 N–H and O–H groups in total. The third-order valence-electron chi connectivity index (χ3n) is 7.29. The molecule has 1 spiro atoms. The van der Waals surface area contributed by atoms with Crippen molar-refractivity contribution in [3.05, 3.63) is 29.5 Å². The molecule has 32 heavy (non-hydrogen) atoms. The van der Waals surface area contributed by atoms with E-state index in [2.05, 4.69) is 10.3 Å². The van der Waals surface area contributed by atoms with E-state index in [0.717, 1.165) is 47.8 Å². The maximum Gasteiger partial charge on any atom is 0.318 e. The number of sulfonamides is 1. The average Bonchev–Trinajstić information content (AvgIpc) is 3.37. The highest BCUT2D eigenvalue weighted by molar-refractivity contribution is 7.88. The van der Waals surface area contributed by atoms with Crippen LogP contribution in [0.4, 0.5) is 4.79 Å². The number of nitrogens with zero attached hydrogens (tertiary/aromatic N) is 2. The summed E-state index contributed by atoms with van der Waals surface area (Å²) in [5, 5.41) is 14.4. The van der Waals surface area contributed by atoms with Crippen LogP contribution in [-0.2, 0) is 15.4 Å². The lowest BCUT2D eigenvalue weighted by Crippen LogP contribution is -2.68. The van der Waals surface area contributed by atoms with Gasteiger partial charge >= 0.3 is 6.03 Å². The van der Waals surface area contributed by atoms with E-state index in [0.29, 0.717) is 25.4 Å².